The van der Waals surface area contributed by atoms with E-state index in [0.29, 0.717) is 26.3 Å². The van der Waals surface area contributed by atoms with Crippen molar-refractivity contribution in [1.29, 1.82) is 0 Å². The molecular weight excluding hydrogens is 406 g/mol. The van der Waals surface area contributed by atoms with Gasteiger partial charge in [0.05, 0.1) is 12.2 Å². The molecule has 1 aromatic heterocycles. The zero-order valence-corrected chi connectivity index (χ0v) is 17.6. The van der Waals surface area contributed by atoms with Crippen LogP contribution in [0.15, 0.2) is 17.3 Å². The minimum Gasteiger partial charge on any atom is -0.381 e. The lowest BCUT2D eigenvalue weighted by Gasteiger charge is -2.34. The van der Waals surface area contributed by atoms with E-state index in [1.54, 1.807) is 10.9 Å². The average molecular weight is 436 g/mol. The molecule has 3 rings (SSSR count). The molecule has 2 saturated heterocycles. The molecule has 2 fully saturated rings. The number of piperidine rings is 1. The van der Waals surface area contributed by atoms with E-state index in [4.69, 9.17) is 10.5 Å². The fourth-order valence-electron chi connectivity index (χ4n) is 3.68. The molecule has 28 heavy (non-hydrogen) atoms. The number of nitrogens with one attached hydrogen (secondary N) is 1. The maximum absolute atomic E-state index is 13.2. The summed E-state index contributed by atoms with van der Waals surface area (Å²) in [6.45, 7) is 2.39. The van der Waals surface area contributed by atoms with Gasteiger partial charge in [-0.15, -0.1) is 12.4 Å². The number of carbonyl (C=O) groups is 1. The number of nitrogens with two attached hydrogens (primary N) is 1. The molecule has 0 aliphatic carbocycles. The Morgan fingerprint density at radius 2 is 2.04 bits per heavy atom. The number of hydrogen-bond donors (Lipinski definition) is 2. The first-order chi connectivity index (χ1) is 13.0. The summed E-state index contributed by atoms with van der Waals surface area (Å²) in [7, 11) is -3.65. The van der Waals surface area contributed by atoms with E-state index >= 15 is 0 Å². The minimum absolute atomic E-state index is 0. The normalized spacial score (nSPS) is 21.8. The summed E-state index contributed by atoms with van der Waals surface area (Å²) in [5.41, 5.74) is 5.39. The van der Waals surface area contributed by atoms with Crippen LogP contribution in [0.1, 0.15) is 44.6 Å². The number of nitrogens with zero attached hydrogens (tertiary/aromatic N) is 3. The second kappa shape index (κ2) is 10.5. The Hall–Kier alpha value is -1.20. The number of amides is 1. The second-order valence-corrected chi connectivity index (χ2v) is 9.00. The first-order valence-electron chi connectivity index (χ1n) is 9.63. The highest BCUT2D eigenvalue weighted by Gasteiger charge is 2.34. The first kappa shape index (κ1) is 23.1. The number of ether oxygens (including phenoxy) is 1. The molecule has 3 N–H and O–H groups in total. The Bertz CT molecular complexity index is 736. The molecule has 2 aliphatic heterocycles. The van der Waals surface area contributed by atoms with Crippen LogP contribution in [-0.4, -0.2) is 67.3 Å². The predicted molar refractivity (Wildman–Crippen MR) is 107 cm³/mol. The lowest BCUT2D eigenvalue weighted by atomic mass is 10.1. The SMILES string of the molecule is Cl.NCCC(=O)NCC1CCCCN1S(=O)(=O)c1cnn(C2CCOCC2)c1. The molecule has 3 heterocycles. The van der Waals surface area contributed by atoms with E-state index < -0.39 is 10.0 Å². The highest BCUT2D eigenvalue weighted by atomic mass is 35.5. The van der Waals surface area contributed by atoms with Gasteiger partial charge in [0.15, 0.2) is 0 Å². The van der Waals surface area contributed by atoms with Crippen molar-refractivity contribution in [3.63, 3.8) is 0 Å². The van der Waals surface area contributed by atoms with Crippen LogP contribution in [0.3, 0.4) is 0 Å². The third kappa shape index (κ3) is 5.44. The van der Waals surface area contributed by atoms with Crippen molar-refractivity contribution in [2.24, 2.45) is 5.73 Å². The zero-order chi connectivity index (χ0) is 19.3. The van der Waals surface area contributed by atoms with Gasteiger partial charge in [0.25, 0.3) is 0 Å². The second-order valence-electron chi connectivity index (χ2n) is 7.11. The average Bonchev–Trinajstić information content (AvgIpc) is 3.19. The standard InChI is InChI=1S/C17H29N5O4S.ClH/c18-7-4-17(23)19-11-15-3-1-2-8-22(15)27(24,25)16-12-20-21(13-16)14-5-9-26-10-6-14;/h12-15H,1-11,18H2,(H,19,23);1H. The van der Waals surface area contributed by atoms with Gasteiger partial charge in [-0.2, -0.15) is 9.40 Å². The summed E-state index contributed by atoms with van der Waals surface area (Å²) in [4.78, 5) is 11.9. The number of sulfonamides is 1. The van der Waals surface area contributed by atoms with Crippen LogP contribution in [0.25, 0.3) is 0 Å². The summed E-state index contributed by atoms with van der Waals surface area (Å²) < 4.78 is 35.0. The molecule has 0 aromatic carbocycles. The van der Waals surface area contributed by atoms with Crippen molar-refractivity contribution < 1.29 is 17.9 Å². The number of carbonyl (C=O) groups excluding carboxylic acids is 1. The molecule has 1 unspecified atom stereocenters. The van der Waals surface area contributed by atoms with Crippen molar-refractivity contribution in [2.45, 2.75) is 55.5 Å². The van der Waals surface area contributed by atoms with E-state index in [1.807, 2.05) is 0 Å². The molecule has 9 nitrogen and oxygen atoms in total. The van der Waals surface area contributed by atoms with Gasteiger partial charge in [-0.3, -0.25) is 9.48 Å². The molecule has 2 aliphatic rings. The Morgan fingerprint density at radius 3 is 2.75 bits per heavy atom. The van der Waals surface area contributed by atoms with E-state index in [2.05, 4.69) is 10.4 Å². The molecule has 11 heteroatoms. The molecule has 0 radical (unpaired) electrons. The summed E-state index contributed by atoms with van der Waals surface area (Å²) in [5, 5.41) is 7.10. The highest BCUT2D eigenvalue weighted by Crippen LogP contribution is 2.27. The lowest BCUT2D eigenvalue weighted by Crippen LogP contribution is -2.49. The van der Waals surface area contributed by atoms with Crippen molar-refractivity contribution in [3.05, 3.63) is 12.4 Å². The Morgan fingerprint density at radius 1 is 1.29 bits per heavy atom. The molecule has 1 amide bonds. The maximum Gasteiger partial charge on any atom is 0.246 e. The third-order valence-corrected chi connectivity index (χ3v) is 7.13. The molecule has 0 saturated carbocycles. The fourth-order valence-corrected chi connectivity index (χ4v) is 5.32. The summed E-state index contributed by atoms with van der Waals surface area (Å²) in [6.07, 6.45) is 7.48. The smallest absolute Gasteiger partial charge is 0.246 e. The van der Waals surface area contributed by atoms with Crippen LogP contribution in [0.2, 0.25) is 0 Å². The van der Waals surface area contributed by atoms with Gasteiger partial charge in [0.1, 0.15) is 4.90 Å². The van der Waals surface area contributed by atoms with Crippen LogP contribution >= 0.6 is 12.4 Å². The minimum atomic E-state index is -3.65. The van der Waals surface area contributed by atoms with E-state index in [-0.39, 0.29) is 48.3 Å². The summed E-state index contributed by atoms with van der Waals surface area (Å²) >= 11 is 0. The van der Waals surface area contributed by atoms with Gasteiger partial charge in [-0.25, -0.2) is 8.42 Å². The van der Waals surface area contributed by atoms with Crippen LogP contribution in [0.4, 0.5) is 0 Å². The molecule has 1 aromatic rings. The van der Waals surface area contributed by atoms with Crippen LogP contribution in [0, 0.1) is 0 Å². The Labute approximate surface area is 172 Å². The molecule has 0 spiro atoms. The van der Waals surface area contributed by atoms with Gasteiger partial charge in [-0.05, 0) is 25.7 Å². The van der Waals surface area contributed by atoms with Gasteiger partial charge in [0, 0.05) is 51.5 Å². The number of aromatic nitrogens is 2. The van der Waals surface area contributed by atoms with E-state index in [9.17, 15) is 13.2 Å². The first-order valence-corrected chi connectivity index (χ1v) is 11.1. The quantitative estimate of drug-likeness (QED) is 0.649. The lowest BCUT2D eigenvalue weighted by molar-refractivity contribution is -0.121. The van der Waals surface area contributed by atoms with Crippen LogP contribution in [0.5, 0.6) is 0 Å². The molecular formula is C17H30ClN5O4S. The van der Waals surface area contributed by atoms with Gasteiger partial charge in [0.2, 0.25) is 15.9 Å². The topological polar surface area (TPSA) is 120 Å². The summed E-state index contributed by atoms with van der Waals surface area (Å²) in [6, 6.07) is -0.0627. The van der Waals surface area contributed by atoms with E-state index in [1.165, 1.54) is 10.5 Å². The monoisotopic (exact) mass is 435 g/mol. The van der Waals surface area contributed by atoms with Crippen molar-refractivity contribution in [3.8, 4) is 0 Å². The Kier molecular flexibility index (Phi) is 8.69. The zero-order valence-electron chi connectivity index (χ0n) is 16.0. The Balaban J connectivity index is 0.00000280. The van der Waals surface area contributed by atoms with Crippen molar-refractivity contribution >= 4 is 28.3 Å². The van der Waals surface area contributed by atoms with Crippen LogP contribution in [-0.2, 0) is 19.6 Å². The maximum atomic E-state index is 13.2. The fraction of sp³-hybridized carbons (Fsp3) is 0.765. The van der Waals surface area contributed by atoms with Gasteiger partial charge >= 0.3 is 0 Å². The van der Waals surface area contributed by atoms with Gasteiger partial charge in [-0.1, -0.05) is 6.42 Å². The molecule has 160 valence electrons. The van der Waals surface area contributed by atoms with Crippen LogP contribution < -0.4 is 11.1 Å². The number of hydrogen-bond acceptors (Lipinski definition) is 6. The molecule has 0 bridgehead atoms. The summed E-state index contributed by atoms with van der Waals surface area (Å²) in [5.74, 6) is -0.146. The highest BCUT2D eigenvalue weighted by molar-refractivity contribution is 7.89. The molecule has 1 atom stereocenters. The van der Waals surface area contributed by atoms with Crippen molar-refractivity contribution in [2.75, 3.05) is 32.8 Å². The third-order valence-electron chi connectivity index (χ3n) is 5.23. The number of halogens is 1. The van der Waals surface area contributed by atoms with E-state index in [0.717, 1.165) is 32.1 Å². The largest absolute Gasteiger partial charge is 0.381 e. The number of rotatable bonds is 7. The predicted octanol–water partition coefficient (Wildman–Crippen LogP) is 0.665. The van der Waals surface area contributed by atoms with Gasteiger partial charge < -0.3 is 15.8 Å². The van der Waals surface area contributed by atoms with Crippen molar-refractivity contribution in [1.82, 2.24) is 19.4 Å².